The second kappa shape index (κ2) is 4.94. The Balaban J connectivity index is 2.40. The minimum atomic E-state index is 0.211. The summed E-state index contributed by atoms with van der Waals surface area (Å²) < 4.78 is 2.67. The fourth-order valence-electron chi connectivity index (χ4n) is 2.19. The van der Waals surface area contributed by atoms with Crippen molar-refractivity contribution in [3.63, 3.8) is 0 Å². The highest BCUT2D eigenvalue weighted by molar-refractivity contribution is 9.10. The van der Waals surface area contributed by atoms with Gasteiger partial charge in [0.1, 0.15) is 5.82 Å². The van der Waals surface area contributed by atoms with E-state index in [0.717, 1.165) is 21.2 Å². The van der Waals surface area contributed by atoms with E-state index in [4.69, 9.17) is 11.0 Å². The molecular formula is C14H10BrN5. The van der Waals surface area contributed by atoms with Crippen molar-refractivity contribution in [1.82, 2.24) is 14.5 Å². The first-order valence-corrected chi connectivity index (χ1v) is 6.74. The second-order valence-corrected chi connectivity index (χ2v) is 5.10. The molecule has 0 saturated heterocycles. The van der Waals surface area contributed by atoms with Gasteiger partial charge in [-0.05, 0) is 28.1 Å². The van der Waals surface area contributed by atoms with Crippen molar-refractivity contribution in [2.24, 2.45) is 0 Å². The monoisotopic (exact) mass is 327 g/mol. The Labute approximate surface area is 123 Å². The lowest BCUT2D eigenvalue weighted by molar-refractivity contribution is 0.949. The van der Waals surface area contributed by atoms with E-state index >= 15 is 0 Å². The zero-order valence-corrected chi connectivity index (χ0v) is 12.0. The number of aromatic nitrogens is 3. The molecular weight excluding hydrogens is 318 g/mol. The SMILES string of the molecule is N#CCc1nc2ccccc2n1-c1c(N)cncc1Br. The molecule has 20 heavy (non-hydrogen) atoms. The van der Waals surface area contributed by atoms with Crippen molar-refractivity contribution in [1.29, 1.82) is 5.26 Å². The summed E-state index contributed by atoms with van der Waals surface area (Å²) in [5, 5.41) is 9.00. The quantitative estimate of drug-likeness (QED) is 0.784. The lowest BCUT2D eigenvalue weighted by Crippen LogP contribution is -2.05. The van der Waals surface area contributed by atoms with Gasteiger partial charge >= 0.3 is 0 Å². The first-order chi connectivity index (χ1) is 9.72. The summed E-state index contributed by atoms with van der Waals surface area (Å²) in [6.45, 7) is 0. The standard InChI is InChI=1S/C14H10BrN5/c15-9-7-18-8-10(17)14(9)20-12-4-2-1-3-11(12)19-13(20)5-6-16/h1-4,7-8H,5,17H2. The average Bonchev–Trinajstić information content (AvgIpc) is 2.78. The van der Waals surface area contributed by atoms with E-state index in [9.17, 15) is 0 Å². The van der Waals surface area contributed by atoms with Crippen LogP contribution >= 0.6 is 15.9 Å². The van der Waals surface area contributed by atoms with Gasteiger partial charge in [0, 0.05) is 6.20 Å². The molecule has 0 spiro atoms. The Morgan fingerprint density at radius 2 is 2.10 bits per heavy atom. The van der Waals surface area contributed by atoms with E-state index in [-0.39, 0.29) is 6.42 Å². The Kier molecular flexibility index (Phi) is 3.12. The van der Waals surface area contributed by atoms with Crippen LogP contribution in [0.2, 0.25) is 0 Å². The number of nitrogens with zero attached hydrogens (tertiary/aromatic N) is 4. The summed E-state index contributed by atoms with van der Waals surface area (Å²) in [5.74, 6) is 0.660. The molecule has 2 aromatic heterocycles. The third-order valence-electron chi connectivity index (χ3n) is 2.99. The van der Waals surface area contributed by atoms with Gasteiger partial charge in [-0.2, -0.15) is 5.26 Å². The molecule has 0 bridgehead atoms. The molecule has 3 aromatic rings. The Hall–Kier alpha value is -2.39. The van der Waals surface area contributed by atoms with Gasteiger partial charge in [-0.3, -0.25) is 9.55 Å². The number of benzene rings is 1. The van der Waals surface area contributed by atoms with E-state index in [1.807, 2.05) is 28.8 Å². The number of hydrogen-bond acceptors (Lipinski definition) is 4. The smallest absolute Gasteiger partial charge is 0.128 e. The number of hydrogen-bond donors (Lipinski definition) is 1. The van der Waals surface area contributed by atoms with Crippen LogP contribution in [0.15, 0.2) is 41.1 Å². The molecule has 0 radical (unpaired) electrons. The molecule has 0 atom stereocenters. The molecule has 5 nitrogen and oxygen atoms in total. The first-order valence-electron chi connectivity index (χ1n) is 5.95. The number of nitrogens with two attached hydrogens (primary N) is 1. The fraction of sp³-hybridized carbons (Fsp3) is 0.0714. The highest BCUT2D eigenvalue weighted by Crippen LogP contribution is 2.30. The van der Waals surface area contributed by atoms with Crippen LogP contribution in [0.3, 0.4) is 0 Å². The molecule has 0 unspecified atom stereocenters. The number of nitriles is 1. The molecule has 2 heterocycles. The average molecular weight is 328 g/mol. The van der Waals surface area contributed by atoms with Crippen molar-refractivity contribution in [2.45, 2.75) is 6.42 Å². The molecule has 2 N–H and O–H groups in total. The minimum absolute atomic E-state index is 0.211. The number of nitrogen functional groups attached to an aromatic ring is 1. The molecule has 0 aliphatic rings. The van der Waals surface area contributed by atoms with Crippen LogP contribution in [-0.4, -0.2) is 14.5 Å². The molecule has 1 aromatic carbocycles. The maximum absolute atomic E-state index is 9.00. The predicted octanol–water partition coefficient (Wildman–Crippen LogP) is 2.83. The van der Waals surface area contributed by atoms with Gasteiger partial charge in [-0.25, -0.2) is 4.98 Å². The summed E-state index contributed by atoms with van der Waals surface area (Å²) >= 11 is 3.47. The summed E-state index contributed by atoms with van der Waals surface area (Å²) in [7, 11) is 0. The van der Waals surface area contributed by atoms with Crippen molar-refractivity contribution >= 4 is 32.7 Å². The maximum atomic E-state index is 9.00. The number of imidazole rings is 1. The molecule has 0 fully saturated rings. The highest BCUT2D eigenvalue weighted by atomic mass is 79.9. The maximum Gasteiger partial charge on any atom is 0.128 e. The predicted molar refractivity (Wildman–Crippen MR) is 80.3 cm³/mol. The fourth-order valence-corrected chi connectivity index (χ4v) is 2.72. The van der Waals surface area contributed by atoms with Crippen LogP contribution in [0.4, 0.5) is 5.69 Å². The van der Waals surface area contributed by atoms with E-state index < -0.39 is 0 Å². The summed E-state index contributed by atoms with van der Waals surface area (Å²) in [6, 6.07) is 9.86. The zero-order chi connectivity index (χ0) is 14.1. The summed E-state index contributed by atoms with van der Waals surface area (Å²) in [5.41, 5.74) is 9.08. The van der Waals surface area contributed by atoms with Crippen LogP contribution in [0.1, 0.15) is 5.82 Å². The topological polar surface area (TPSA) is 80.5 Å². The van der Waals surface area contributed by atoms with E-state index in [2.05, 4.69) is 32.0 Å². The lowest BCUT2D eigenvalue weighted by Gasteiger charge is -2.12. The first kappa shape index (κ1) is 12.6. The number of anilines is 1. The number of para-hydroxylation sites is 2. The normalized spacial score (nSPS) is 10.6. The molecule has 0 amide bonds. The molecule has 6 heteroatoms. The van der Waals surface area contributed by atoms with Crippen molar-refractivity contribution < 1.29 is 0 Å². The largest absolute Gasteiger partial charge is 0.396 e. The van der Waals surface area contributed by atoms with E-state index in [0.29, 0.717) is 11.5 Å². The number of rotatable bonds is 2. The van der Waals surface area contributed by atoms with Crippen LogP contribution in [0.25, 0.3) is 16.7 Å². The van der Waals surface area contributed by atoms with Gasteiger partial charge in [0.15, 0.2) is 0 Å². The summed E-state index contributed by atoms with van der Waals surface area (Å²) in [4.78, 5) is 8.54. The molecule has 0 aliphatic carbocycles. The Morgan fingerprint density at radius 1 is 1.30 bits per heavy atom. The third-order valence-corrected chi connectivity index (χ3v) is 3.57. The van der Waals surface area contributed by atoms with E-state index in [1.54, 1.807) is 12.4 Å². The van der Waals surface area contributed by atoms with E-state index in [1.165, 1.54) is 0 Å². The van der Waals surface area contributed by atoms with Crippen LogP contribution < -0.4 is 5.73 Å². The Morgan fingerprint density at radius 3 is 2.85 bits per heavy atom. The van der Waals surface area contributed by atoms with Gasteiger partial charge in [-0.1, -0.05) is 12.1 Å². The minimum Gasteiger partial charge on any atom is -0.396 e. The second-order valence-electron chi connectivity index (χ2n) is 4.25. The number of fused-ring (bicyclic) bond motifs is 1. The molecule has 98 valence electrons. The highest BCUT2D eigenvalue weighted by Gasteiger charge is 2.16. The third kappa shape index (κ3) is 1.92. The van der Waals surface area contributed by atoms with Crippen molar-refractivity contribution in [2.75, 3.05) is 5.73 Å². The van der Waals surface area contributed by atoms with Crippen LogP contribution in [-0.2, 0) is 6.42 Å². The van der Waals surface area contributed by atoms with Gasteiger partial charge in [0.25, 0.3) is 0 Å². The molecule has 0 saturated carbocycles. The molecule has 3 rings (SSSR count). The number of halogens is 1. The number of pyridine rings is 1. The van der Waals surface area contributed by atoms with Gasteiger partial charge in [0.2, 0.25) is 0 Å². The zero-order valence-electron chi connectivity index (χ0n) is 10.4. The van der Waals surface area contributed by atoms with Crippen molar-refractivity contribution in [3.05, 3.63) is 47.0 Å². The van der Waals surface area contributed by atoms with Gasteiger partial charge < -0.3 is 5.73 Å². The van der Waals surface area contributed by atoms with Gasteiger partial charge in [0.05, 0.1) is 45.6 Å². The van der Waals surface area contributed by atoms with Crippen LogP contribution in [0, 0.1) is 11.3 Å². The van der Waals surface area contributed by atoms with Crippen molar-refractivity contribution in [3.8, 4) is 11.8 Å². The van der Waals surface area contributed by atoms with Gasteiger partial charge in [-0.15, -0.1) is 0 Å². The Bertz CT molecular complexity index is 811. The summed E-state index contributed by atoms with van der Waals surface area (Å²) in [6.07, 6.45) is 3.48. The van der Waals surface area contributed by atoms with Crippen LogP contribution in [0.5, 0.6) is 0 Å². The lowest BCUT2D eigenvalue weighted by atomic mass is 10.3. The molecule has 0 aliphatic heterocycles.